The quantitative estimate of drug-likeness (QED) is 0.529. The first-order valence-corrected chi connectivity index (χ1v) is 12.0. The number of piperidine rings is 1. The molecule has 1 saturated heterocycles. The molecular weight excluding hydrogens is 418 g/mol. The van der Waals surface area contributed by atoms with Gasteiger partial charge in [0.25, 0.3) is 0 Å². The maximum Gasteiger partial charge on any atom is 0.314 e. The number of hydrogen-bond donors (Lipinski definition) is 0. The highest BCUT2D eigenvalue weighted by atomic mass is 32.2. The molecule has 2 heterocycles. The second-order valence-corrected chi connectivity index (χ2v) is 10.0. The number of fused-ring (bicyclic) bond motifs is 1. The van der Waals surface area contributed by atoms with Crippen molar-refractivity contribution in [2.24, 2.45) is 5.92 Å². The molecule has 0 saturated carbocycles. The van der Waals surface area contributed by atoms with E-state index < -0.39 is 10.0 Å². The molecular formula is C23H27NO6S. The lowest BCUT2D eigenvalue weighted by Crippen LogP contribution is -2.41. The van der Waals surface area contributed by atoms with Crippen LogP contribution in [0.1, 0.15) is 30.4 Å². The van der Waals surface area contributed by atoms with Crippen LogP contribution in [0.4, 0.5) is 0 Å². The number of rotatable bonds is 4. The van der Waals surface area contributed by atoms with Gasteiger partial charge in [-0.05, 0) is 62.1 Å². The number of sulfonamides is 1. The smallest absolute Gasteiger partial charge is 0.314 e. The Morgan fingerprint density at radius 1 is 0.968 bits per heavy atom. The van der Waals surface area contributed by atoms with Crippen molar-refractivity contribution in [3.8, 4) is 17.2 Å². The van der Waals surface area contributed by atoms with Crippen molar-refractivity contribution in [2.45, 2.75) is 38.0 Å². The average molecular weight is 446 g/mol. The summed E-state index contributed by atoms with van der Waals surface area (Å²) in [5, 5.41) is 0. The van der Waals surface area contributed by atoms with E-state index in [1.807, 2.05) is 32.0 Å². The fourth-order valence-corrected chi connectivity index (χ4v) is 5.46. The van der Waals surface area contributed by atoms with E-state index in [4.69, 9.17) is 14.2 Å². The van der Waals surface area contributed by atoms with Crippen LogP contribution < -0.4 is 14.2 Å². The van der Waals surface area contributed by atoms with E-state index in [0.717, 1.165) is 17.5 Å². The Bertz CT molecular complexity index is 1050. The van der Waals surface area contributed by atoms with Gasteiger partial charge in [0.05, 0.1) is 24.0 Å². The van der Waals surface area contributed by atoms with E-state index in [0.29, 0.717) is 43.3 Å². The van der Waals surface area contributed by atoms with Gasteiger partial charge in [-0.1, -0.05) is 6.07 Å². The van der Waals surface area contributed by atoms with Gasteiger partial charge in [-0.15, -0.1) is 0 Å². The second kappa shape index (κ2) is 8.88. The zero-order valence-corrected chi connectivity index (χ0v) is 18.6. The molecule has 2 aliphatic heterocycles. The first-order chi connectivity index (χ1) is 14.8. The summed E-state index contributed by atoms with van der Waals surface area (Å²) in [5.41, 5.74) is 2.05. The Kier molecular flexibility index (Phi) is 6.20. The topological polar surface area (TPSA) is 82.1 Å². The van der Waals surface area contributed by atoms with E-state index in [1.54, 1.807) is 12.1 Å². The Morgan fingerprint density at radius 2 is 1.61 bits per heavy atom. The molecule has 0 bridgehead atoms. The highest BCUT2D eigenvalue weighted by Gasteiger charge is 2.33. The molecule has 8 heteroatoms. The van der Waals surface area contributed by atoms with Gasteiger partial charge in [-0.2, -0.15) is 4.31 Å². The number of carbonyl (C=O) groups excluding carboxylic acids is 1. The normalized spacial score (nSPS) is 17.7. The molecule has 0 radical (unpaired) electrons. The van der Waals surface area contributed by atoms with Gasteiger partial charge in [0.1, 0.15) is 5.75 Å². The number of benzene rings is 2. The molecule has 0 unspecified atom stereocenters. The van der Waals surface area contributed by atoms with Crippen molar-refractivity contribution in [3.05, 3.63) is 47.5 Å². The van der Waals surface area contributed by atoms with Crippen molar-refractivity contribution in [2.75, 3.05) is 26.3 Å². The van der Waals surface area contributed by atoms with E-state index in [-0.39, 0.29) is 29.9 Å². The monoisotopic (exact) mass is 445 g/mol. The molecule has 0 aromatic heterocycles. The lowest BCUT2D eigenvalue weighted by molar-refractivity contribution is -0.140. The Morgan fingerprint density at radius 3 is 2.29 bits per heavy atom. The molecule has 31 heavy (non-hydrogen) atoms. The third-order valence-electron chi connectivity index (χ3n) is 5.56. The number of aryl methyl sites for hydroxylation is 2. The predicted octanol–water partition coefficient (Wildman–Crippen LogP) is 3.47. The number of hydrogen-bond acceptors (Lipinski definition) is 6. The van der Waals surface area contributed by atoms with Gasteiger partial charge >= 0.3 is 5.97 Å². The highest BCUT2D eigenvalue weighted by Crippen LogP contribution is 2.34. The van der Waals surface area contributed by atoms with Crippen molar-refractivity contribution >= 4 is 16.0 Å². The standard InChI is InChI=1S/C23H27NO6S/c1-16-12-17(2)14-19(13-16)30-23(25)18-6-8-24(9-7-18)31(26,27)20-4-5-21-22(15-20)29-11-3-10-28-21/h4-5,12-15,18H,3,6-11H2,1-2H3. The summed E-state index contributed by atoms with van der Waals surface area (Å²) in [6.07, 6.45) is 1.60. The van der Waals surface area contributed by atoms with Gasteiger partial charge in [-0.3, -0.25) is 4.79 Å². The van der Waals surface area contributed by atoms with Crippen LogP contribution in [0.15, 0.2) is 41.3 Å². The summed E-state index contributed by atoms with van der Waals surface area (Å²) in [4.78, 5) is 12.8. The number of ether oxygens (including phenoxy) is 3. The van der Waals surface area contributed by atoms with E-state index in [2.05, 4.69) is 0 Å². The second-order valence-electron chi connectivity index (χ2n) is 8.08. The molecule has 7 nitrogen and oxygen atoms in total. The molecule has 0 atom stereocenters. The van der Waals surface area contributed by atoms with Gasteiger partial charge in [-0.25, -0.2) is 8.42 Å². The van der Waals surface area contributed by atoms with Gasteiger partial charge in [0, 0.05) is 25.6 Å². The molecule has 0 aliphatic carbocycles. The number of nitrogens with zero attached hydrogens (tertiary/aromatic N) is 1. The van der Waals surface area contributed by atoms with Gasteiger partial charge in [0.15, 0.2) is 11.5 Å². The first-order valence-electron chi connectivity index (χ1n) is 10.5. The summed E-state index contributed by atoms with van der Waals surface area (Å²) in [7, 11) is -3.68. The number of carbonyl (C=O) groups is 1. The van der Waals surface area contributed by atoms with Crippen LogP contribution in [0.25, 0.3) is 0 Å². The first kappa shape index (κ1) is 21.6. The number of esters is 1. The summed E-state index contributed by atoms with van der Waals surface area (Å²) < 4.78 is 44.4. The molecule has 166 valence electrons. The van der Waals surface area contributed by atoms with Crippen LogP contribution in [0.5, 0.6) is 17.2 Å². The molecule has 1 fully saturated rings. The van der Waals surface area contributed by atoms with Crippen LogP contribution in [0.3, 0.4) is 0 Å². The van der Waals surface area contributed by atoms with E-state index in [1.165, 1.54) is 10.4 Å². The molecule has 0 amide bonds. The van der Waals surface area contributed by atoms with E-state index >= 15 is 0 Å². The molecule has 2 aliphatic rings. The largest absolute Gasteiger partial charge is 0.490 e. The lowest BCUT2D eigenvalue weighted by atomic mass is 9.98. The maximum absolute atomic E-state index is 13.1. The van der Waals surface area contributed by atoms with Crippen LogP contribution >= 0.6 is 0 Å². The van der Waals surface area contributed by atoms with Crippen molar-refractivity contribution in [1.82, 2.24) is 4.31 Å². The fourth-order valence-electron chi connectivity index (χ4n) is 3.98. The summed E-state index contributed by atoms with van der Waals surface area (Å²) in [6, 6.07) is 10.4. The van der Waals surface area contributed by atoms with Crippen LogP contribution in [-0.4, -0.2) is 45.0 Å². The summed E-state index contributed by atoms with van der Waals surface area (Å²) in [5.74, 6) is 0.910. The minimum absolute atomic E-state index is 0.174. The Labute approximate surface area is 183 Å². The Hall–Kier alpha value is -2.58. The SMILES string of the molecule is Cc1cc(C)cc(OC(=O)C2CCN(S(=O)(=O)c3ccc4c(c3)OCCCO4)CC2)c1. The van der Waals surface area contributed by atoms with Crippen molar-refractivity contribution < 1.29 is 27.4 Å². The molecule has 4 rings (SSSR count). The third kappa shape index (κ3) is 4.85. The zero-order valence-electron chi connectivity index (χ0n) is 17.8. The minimum Gasteiger partial charge on any atom is -0.490 e. The van der Waals surface area contributed by atoms with Gasteiger partial charge < -0.3 is 14.2 Å². The molecule has 2 aromatic rings. The minimum atomic E-state index is -3.68. The highest BCUT2D eigenvalue weighted by molar-refractivity contribution is 7.89. The lowest BCUT2D eigenvalue weighted by Gasteiger charge is -2.30. The van der Waals surface area contributed by atoms with Crippen LogP contribution in [-0.2, 0) is 14.8 Å². The van der Waals surface area contributed by atoms with Crippen molar-refractivity contribution in [3.63, 3.8) is 0 Å². The van der Waals surface area contributed by atoms with Crippen LogP contribution in [0, 0.1) is 19.8 Å². The molecule has 0 N–H and O–H groups in total. The van der Waals surface area contributed by atoms with Gasteiger partial charge in [0.2, 0.25) is 10.0 Å². The summed E-state index contributed by atoms with van der Waals surface area (Å²) in [6.45, 7) is 5.47. The fraction of sp³-hybridized carbons (Fsp3) is 0.435. The molecule has 2 aromatic carbocycles. The third-order valence-corrected chi connectivity index (χ3v) is 7.45. The predicted molar refractivity (Wildman–Crippen MR) is 115 cm³/mol. The van der Waals surface area contributed by atoms with E-state index in [9.17, 15) is 13.2 Å². The van der Waals surface area contributed by atoms with Crippen molar-refractivity contribution in [1.29, 1.82) is 0 Å². The summed E-state index contributed by atoms with van der Waals surface area (Å²) >= 11 is 0. The zero-order chi connectivity index (χ0) is 22.0. The average Bonchev–Trinajstić information content (AvgIpc) is 2.98. The maximum atomic E-state index is 13.1. The molecule has 0 spiro atoms. The van der Waals surface area contributed by atoms with Crippen LogP contribution in [0.2, 0.25) is 0 Å². The Balaban J connectivity index is 1.41.